The van der Waals surface area contributed by atoms with Gasteiger partial charge in [0.1, 0.15) is 12.0 Å². The van der Waals surface area contributed by atoms with Crippen LogP contribution >= 0.6 is 11.8 Å². The first-order valence-corrected chi connectivity index (χ1v) is 7.41. The Morgan fingerprint density at radius 2 is 2.05 bits per heavy atom. The molecule has 19 heavy (non-hydrogen) atoms. The second-order valence-corrected chi connectivity index (χ2v) is 5.87. The number of hydrogen-bond acceptors (Lipinski definition) is 4. The molecule has 0 N–H and O–H groups in total. The molecule has 0 aromatic heterocycles. The van der Waals surface area contributed by atoms with Crippen molar-refractivity contribution < 1.29 is 14.3 Å². The van der Waals surface area contributed by atoms with Gasteiger partial charge in [0.2, 0.25) is 0 Å². The average Bonchev–Trinajstić information content (AvgIpc) is 2.42. The highest BCUT2D eigenvalue weighted by Gasteiger charge is 2.14. The molecule has 0 unspecified atom stereocenters. The SMILES string of the molecule is COCOc1c(SC[C@@H](C)C=O)cccc1C(C)C. The number of carbonyl (C=O) groups is 1. The van der Waals surface area contributed by atoms with Gasteiger partial charge in [-0.1, -0.05) is 32.9 Å². The average molecular weight is 282 g/mol. The summed E-state index contributed by atoms with van der Waals surface area (Å²) in [5.74, 6) is 2.07. The Labute approximate surface area is 119 Å². The quantitative estimate of drug-likeness (QED) is 0.413. The van der Waals surface area contributed by atoms with Crippen LogP contribution < -0.4 is 4.74 Å². The second kappa shape index (κ2) is 8.23. The van der Waals surface area contributed by atoms with Crippen LogP contribution in [0.1, 0.15) is 32.3 Å². The van der Waals surface area contributed by atoms with E-state index in [1.54, 1.807) is 18.9 Å². The minimum atomic E-state index is 0.0444. The summed E-state index contributed by atoms with van der Waals surface area (Å²) in [5, 5.41) is 0. The molecule has 0 aliphatic heterocycles. The van der Waals surface area contributed by atoms with Crippen LogP contribution in [-0.2, 0) is 9.53 Å². The maximum atomic E-state index is 10.7. The zero-order valence-corrected chi connectivity index (χ0v) is 12.8. The second-order valence-electron chi connectivity index (χ2n) is 4.80. The highest BCUT2D eigenvalue weighted by atomic mass is 32.2. The number of para-hydroxylation sites is 1. The van der Waals surface area contributed by atoms with Crippen LogP contribution in [0.15, 0.2) is 23.1 Å². The van der Waals surface area contributed by atoms with Crippen molar-refractivity contribution in [2.24, 2.45) is 5.92 Å². The van der Waals surface area contributed by atoms with Crippen LogP contribution in [0.3, 0.4) is 0 Å². The molecule has 0 aliphatic rings. The van der Waals surface area contributed by atoms with Crippen LogP contribution in [0.5, 0.6) is 5.75 Å². The van der Waals surface area contributed by atoms with E-state index >= 15 is 0 Å². The summed E-state index contributed by atoms with van der Waals surface area (Å²) in [5.41, 5.74) is 1.17. The zero-order valence-electron chi connectivity index (χ0n) is 12.0. The summed E-state index contributed by atoms with van der Waals surface area (Å²) in [6.07, 6.45) is 0.981. The molecule has 0 bridgehead atoms. The van der Waals surface area contributed by atoms with Crippen molar-refractivity contribution in [3.8, 4) is 5.75 Å². The van der Waals surface area contributed by atoms with Gasteiger partial charge in [-0.25, -0.2) is 0 Å². The van der Waals surface area contributed by atoms with E-state index < -0.39 is 0 Å². The van der Waals surface area contributed by atoms with Crippen molar-refractivity contribution in [3.05, 3.63) is 23.8 Å². The van der Waals surface area contributed by atoms with Gasteiger partial charge >= 0.3 is 0 Å². The lowest BCUT2D eigenvalue weighted by Crippen LogP contribution is -2.05. The molecule has 0 heterocycles. The van der Waals surface area contributed by atoms with Gasteiger partial charge in [0.25, 0.3) is 0 Å². The molecule has 0 saturated heterocycles. The fraction of sp³-hybridized carbons (Fsp3) is 0.533. The first-order valence-electron chi connectivity index (χ1n) is 6.42. The van der Waals surface area contributed by atoms with Crippen molar-refractivity contribution in [2.45, 2.75) is 31.6 Å². The molecule has 0 radical (unpaired) electrons. The highest BCUT2D eigenvalue weighted by molar-refractivity contribution is 7.99. The van der Waals surface area contributed by atoms with E-state index in [2.05, 4.69) is 19.9 Å². The van der Waals surface area contributed by atoms with Gasteiger partial charge in [-0.3, -0.25) is 0 Å². The third kappa shape index (κ3) is 4.88. The summed E-state index contributed by atoms with van der Waals surface area (Å²) in [7, 11) is 1.61. The lowest BCUT2D eigenvalue weighted by Gasteiger charge is -2.17. The predicted molar refractivity (Wildman–Crippen MR) is 79.0 cm³/mol. The minimum Gasteiger partial charge on any atom is -0.466 e. The number of thioether (sulfide) groups is 1. The minimum absolute atomic E-state index is 0.0444. The summed E-state index contributed by atoms with van der Waals surface area (Å²) < 4.78 is 10.7. The molecule has 1 aromatic rings. The van der Waals surface area contributed by atoms with E-state index in [9.17, 15) is 4.79 Å². The highest BCUT2D eigenvalue weighted by Crippen LogP contribution is 2.37. The maximum Gasteiger partial charge on any atom is 0.188 e. The van der Waals surface area contributed by atoms with Crippen molar-refractivity contribution in [1.82, 2.24) is 0 Å². The van der Waals surface area contributed by atoms with E-state index in [-0.39, 0.29) is 12.7 Å². The molecule has 0 spiro atoms. The third-order valence-electron chi connectivity index (χ3n) is 2.69. The molecule has 0 fully saturated rings. The van der Waals surface area contributed by atoms with Crippen LogP contribution in [0.4, 0.5) is 0 Å². The first-order chi connectivity index (χ1) is 9.10. The fourth-order valence-electron chi connectivity index (χ4n) is 1.63. The Balaban J connectivity index is 2.93. The van der Waals surface area contributed by atoms with Gasteiger partial charge in [0.05, 0.1) is 0 Å². The summed E-state index contributed by atoms with van der Waals surface area (Å²) >= 11 is 1.65. The maximum absolute atomic E-state index is 10.7. The molecule has 106 valence electrons. The van der Waals surface area contributed by atoms with Crippen molar-refractivity contribution in [3.63, 3.8) is 0 Å². The molecule has 0 saturated carbocycles. The molecule has 3 nitrogen and oxygen atoms in total. The molecule has 0 aliphatic carbocycles. The predicted octanol–water partition coefficient (Wildman–Crippen LogP) is 3.72. The van der Waals surface area contributed by atoms with Gasteiger partial charge in [-0.2, -0.15) is 0 Å². The third-order valence-corrected chi connectivity index (χ3v) is 4.01. The molecule has 1 rings (SSSR count). The molecule has 4 heteroatoms. The topological polar surface area (TPSA) is 35.5 Å². The van der Waals surface area contributed by atoms with E-state index in [4.69, 9.17) is 9.47 Å². The molecule has 0 amide bonds. The number of ether oxygens (including phenoxy) is 2. The Kier molecular flexibility index (Phi) is 6.95. The number of methoxy groups -OCH3 is 1. The van der Waals surface area contributed by atoms with E-state index in [1.807, 2.05) is 19.1 Å². The lowest BCUT2D eigenvalue weighted by molar-refractivity contribution is -0.110. The normalized spacial score (nSPS) is 12.5. The Bertz CT molecular complexity index is 404. The summed E-state index contributed by atoms with van der Waals surface area (Å²) in [6.45, 7) is 6.43. The van der Waals surface area contributed by atoms with Crippen LogP contribution in [0.2, 0.25) is 0 Å². The zero-order chi connectivity index (χ0) is 14.3. The number of aldehydes is 1. The standard InChI is InChI=1S/C15H22O3S/c1-11(2)13-6-5-7-14(15(13)18-10-17-4)19-9-12(3)8-16/h5-8,11-12H,9-10H2,1-4H3/t12-/m0/s1. The lowest BCUT2D eigenvalue weighted by atomic mass is 10.0. The molecular weight excluding hydrogens is 260 g/mol. The number of hydrogen-bond donors (Lipinski definition) is 0. The van der Waals surface area contributed by atoms with Crippen molar-refractivity contribution >= 4 is 18.0 Å². The van der Waals surface area contributed by atoms with E-state index in [1.165, 1.54) is 5.56 Å². The van der Waals surface area contributed by atoms with Crippen molar-refractivity contribution in [2.75, 3.05) is 19.7 Å². The molecule has 1 atom stereocenters. The van der Waals surface area contributed by atoms with Gasteiger partial charge < -0.3 is 14.3 Å². The van der Waals surface area contributed by atoms with Crippen LogP contribution in [-0.4, -0.2) is 25.9 Å². The van der Waals surface area contributed by atoms with Crippen LogP contribution in [0, 0.1) is 5.92 Å². The molecular formula is C15H22O3S. The monoisotopic (exact) mass is 282 g/mol. The van der Waals surface area contributed by atoms with Gasteiger partial charge in [0.15, 0.2) is 6.79 Å². The van der Waals surface area contributed by atoms with Crippen molar-refractivity contribution in [1.29, 1.82) is 0 Å². The Morgan fingerprint density at radius 3 is 2.63 bits per heavy atom. The van der Waals surface area contributed by atoms with Crippen LogP contribution in [0.25, 0.3) is 0 Å². The van der Waals surface area contributed by atoms with Gasteiger partial charge in [-0.05, 0) is 17.5 Å². The van der Waals surface area contributed by atoms with E-state index in [0.29, 0.717) is 5.92 Å². The Hall–Kier alpha value is -1.00. The summed E-state index contributed by atoms with van der Waals surface area (Å²) in [4.78, 5) is 11.8. The molecule has 1 aromatic carbocycles. The van der Waals surface area contributed by atoms with Gasteiger partial charge in [-0.15, -0.1) is 11.8 Å². The smallest absolute Gasteiger partial charge is 0.188 e. The fourth-order valence-corrected chi connectivity index (χ4v) is 2.64. The number of carbonyl (C=O) groups excluding carboxylic acids is 1. The largest absolute Gasteiger partial charge is 0.466 e. The van der Waals surface area contributed by atoms with E-state index in [0.717, 1.165) is 22.7 Å². The Morgan fingerprint density at radius 1 is 1.32 bits per heavy atom. The number of rotatable bonds is 8. The van der Waals surface area contributed by atoms with Gasteiger partial charge in [0, 0.05) is 23.7 Å². The summed E-state index contributed by atoms with van der Waals surface area (Å²) in [6, 6.07) is 6.13. The first kappa shape index (κ1) is 16.1. The number of benzene rings is 1.